The normalized spacial score (nSPS) is 10.9. The fourth-order valence-corrected chi connectivity index (χ4v) is 2.53. The van der Waals surface area contributed by atoms with Crippen LogP contribution in [0.1, 0.15) is 11.4 Å². The lowest BCUT2D eigenvalue weighted by atomic mass is 10.1. The highest BCUT2D eigenvalue weighted by atomic mass is 19.4. The van der Waals surface area contributed by atoms with Crippen molar-refractivity contribution in [1.29, 1.82) is 0 Å². The standard InChI is InChI=1S/C18H16N6O.C2HF3O2/c1-12-10-25-23-18(12)14-7-8-19-17(9-14)21-15-3-5-16(6-4-15)24-11-20-13(2)22-24;3-2(4,5)1(6)7/h3-11H,1-2H3,(H,19,21);(H,6,7). The van der Waals surface area contributed by atoms with Crippen LogP contribution >= 0.6 is 0 Å². The summed E-state index contributed by atoms with van der Waals surface area (Å²) in [5.41, 5.74) is 4.65. The highest BCUT2D eigenvalue weighted by Crippen LogP contribution is 2.24. The molecule has 12 heteroatoms. The summed E-state index contributed by atoms with van der Waals surface area (Å²) in [6.07, 6.45) is -0.00513. The number of carbonyl (C=O) groups is 1. The van der Waals surface area contributed by atoms with Gasteiger partial charge in [-0.3, -0.25) is 0 Å². The molecule has 0 aliphatic heterocycles. The van der Waals surface area contributed by atoms with Crippen molar-refractivity contribution in [1.82, 2.24) is 24.9 Å². The molecule has 2 N–H and O–H groups in total. The van der Waals surface area contributed by atoms with Crippen LogP contribution in [0, 0.1) is 13.8 Å². The second kappa shape index (κ2) is 9.29. The largest absolute Gasteiger partial charge is 0.490 e. The number of aliphatic carboxylic acids is 1. The van der Waals surface area contributed by atoms with Gasteiger partial charge in [0.1, 0.15) is 29.9 Å². The molecule has 9 nitrogen and oxygen atoms in total. The molecule has 0 saturated heterocycles. The third kappa shape index (κ3) is 5.68. The molecule has 32 heavy (non-hydrogen) atoms. The zero-order valence-electron chi connectivity index (χ0n) is 16.8. The minimum Gasteiger partial charge on any atom is -0.475 e. The minimum atomic E-state index is -5.08. The number of hydrogen-bond acceptors (Lipinski definition) is 7. The lowest BCUT2D eigenvalue weighted by Crippen LogP contribution is -2.21. The molecule has 3 heterocycles. The second-order valence-corrected chi connectivity index (χ2v) is 6.49. The first-order valence-electron chi connectivity index (χ1n) is 9.06. The van der Waals surface area contributed by atoms with Gasteiger partial charge in [0.15, 0.2) is 0 Å². The van der Waals surface area contributed by atoms with E-state index in [-0.39, 0.29) is 0 Å². The van der Waals surface area contributed by atoms with Crippen LogP contribution in [-0.2, 0) is 4.79 Å². The Morgan fingerprint density at radius 3 is 2.34 bits per heavy atom. The molecule has 0 fully saturated rings. The van der Waals surface area contributed by atoms with Crippen LogP contribution in [0.25, 0.3) is 16.9 Å². The number of hydrogen-bond donors (Lipinski definition) is 2. The Kier molecular flexibility index (Phi) is 6.52. The second-order valence-electron chi connectivity index (χ2n) is 6.49. The number of aryl methyl sites for hydroxylation is 2. The van der Waals surface area contributed by atoms with Gasteiger partial charge < -0.3 is 14.9 Å². The highest BCUT2D eigenvalue weighted by Gasteiger charge is 2.38. The Balaban J connectivity index is 0.000000360. The van der Waals surface area contributed by atoms with Crippen molar-refractivity contribution >= 4 is 17.5 Å². The molecule has 0 aliphatic rings. The summed E-state index contributed by atoms with van der Waals surface area (Å²) < 4.78 is 38.5. The first kappa shape index (κ1) is 22.5. The van der Waals surface area contributed by atoms with Gasteiger partial charge in [0.05, 0.1) is 5.69 Å². The van der Waals surface area contributed by atoms with E-state index in [1.807, 2.05) is 50.2 Å². The SMILES string of the molecule is Cc1ncn(-c2ccc(Nc3cc(-c4nocc4C)ccn3)cc2)n1.O=C(O)C(F)(F)F. The predicted octanol–water partition coefficient (Wildman–Crippen LogP) is 4.31. The van der Waals surface area contributed by atoms with Crippen LogP contribution in [0.3, 0.4) is 0 Å². The number of pyridine rings is 1. The number of nitrogens with one attached hydrogen (secondary N) is 1. The molecule has 0 unspecified atom stereocenters. The first-order chi connectivity index (χ1) is 15.1. The number of rotatable bonds is 4. The minimum absolute atomic E-state index is 0.740. The van der Waals surface area contributed by atoms with Gasteiger partial charge in [0, 0.05) is 23.0 Å². The quantitative estimate of drug-likeness (QED) is 0.476. The summed E-state index contributed by atoms with van der Waals surface area (Å²) in [5, 5.41) is 18.8. The summed E-state index contributed by atoms with van der Waals surface area (Å²) in [5.74, 6) is -1.27. The van der Waals surface area contributed by atoms with Gasteiger partial charge in [-0.2, -0.15) is 18.3 Å². The van der Waals surface area contributed by atoms with Crippen molar-refractivity contribution in [2.24, 2.45) is 0 Å². The molecule has 0 amide bonds. The maximum Gasteiger partial charge on any atom is 0.490 e. The van der Waals surface area contributed by atoms with Crippen LogP contribution < -0.4 is 5.32 Å². The van der Waals surface area contributed by atoms with Gasteiger partial charge in [-0.15, -0.1) is 0 Å². The molecule has 3 aromatic heterocycles. The topological polar surface area (TPSA) is 119 Å². The van der Waals surface area contributed by atoms with Crippen molar-refractivity contribution in [3.05, 3.63) is 66.6 Å². The summed E-state index contributed by atoms with van der Waals surface area (Å²) >= 11 is 0. The third-order valence-corrected chi connectivity index (χ3v) is 4.03. The Morgan fingerprint density at radius 1 is 1.12 bits per heavy atom. The van der Waals surface area contributed by atoms with Gasteiger partial charge in [0.25, 0.3) is 0 Å². The fraction of sp³-hybridized carbons (Fsp3) is 0.150. The molecule has 4 aromatic rings. The Morgan fingerprint density at radius 2 is 1.81 bits per heavy atom. The lowest BCUT2D eigenvalue weighted by Gasteiger charge is -2.08. The van der Waals surface area contributed by atoms with Gasteiger partial charge >= 0.3 is 12.1 Å². The van der Waals surface area contributed by atoms with Crippen molar-refractivity contribution in [2.75, 3.05) is 5.32 Å². The zero-order chi connectivity index (χ0) is 23.3. The molecule has 0 bridgehead atoms. The summed E-state index contributed by atoms with van der Waals surface area (Å²) in [6, 6.07) is 11.7. The number of nitrogens with zero attached hydrogens (tertiary/aromatic N) is 5. The third-order valence-electron chi connectivity index (χ3n) is 4.03. The van der Waals surface area contributed by atoms with E-state index in [1.165, 1.54) is 0 Å². The van der Waals surface area contributed by atoms with Crippen LogP contribution in [0.5, 0.6) is 0 Å². The molecular formula is C20H17F3N6O3. The van der Waals surface area contributed by atoms with E-state index in [0.29, 0.717) is 0 Å². The van der Waals surface area contributed by atoms with Crippen molar-refractivity contribution in [2.45, 2.75) is 20.0 Å². The van der Waals surface area contributed by atoms with Crippen molar-refractivity contribution in [3.63, 3.8) is 0 Å². The zero-order valence-corrected chi connectivity index (χ0v) is 16.8. The molecule has 0 spiro atoms. The number of alkyl halides is 3. The van der Waals surface area contributed by atoms with Crippen LogP contribution in [0.2, 0.25) is 0 Å². The van der Waals surface area contributed by atoms with Crippen LogP contribution in [0.15, 0.2) is 59.7 Å². The Labute approximate surface area is 179 Å². The van der Waals surface area contributed by atoms with Gasteiger partial charge in [-0.05, 0) is 50.2 Å². The van der Waals surface area contributed by atoms with E-state index < -0.39 is 12.1 Å². The maximum absolute atomic E-state index is 10.6. The average molecular weight is 446 g/mol. The molecule has 166 valence electrons. The summed E-state index contributed by atoms with van der Waals surface area (Å²) in [4.78, 5) is 17.4. The van der Waals surface area contributed by atoms with E-state index >= 15 is 0 Å². The van der Waals surface area contributed by atoms with Crippen LogP contribution in [0.4, 0.5) is 24.7 Å². The number of halogens is 3. The summed E-state index contributed by atoms with van der Waals surface area (Å²) in [7, 11) is 0. The fourth-order valence-electron chi connectivity index (χ4n) is 2.53. The van der Waals surface area contributed by atoms with Crippen LogP contribution in [-0.4, -0.2) is 42.2 Å². The molecule has 1 aromatic carbocycles. The first-order valence-corrected chi connectivity index (χ1v) is 9.06. The van der Waals surface area contributed by atoms with Crippen molar-refractivity contribution in [3.8, 4) is 16.9 Å². The smallest absolute Gasteiger partial charge is 0.475 e. The van der Waals surface area contributed by atoms with E-state index in [0.717, 1.165) is 39.8 Å². The monoisotopic (exact) mass is 446 g/mol. The number of carboxylic acid groups (broad SMARTS) is 1. The van der Waals surface area contributed by atoms with Gasteiger partial charge in [-0.1, -0.05) is 5.16 Å². The van der Waals surface area contributed by atoms with Crippen molar-refractivity contribution < 1.29 is 27.6 Å². The summed E-state index contributed by atoms with van der Waals surface area (Å²) in [6.45, 7) is 3.83. The molecular weight excluding hydrogens is 429 g/mol. The number of benzene rings is 1. The molecule has 0 aliphatic carbocycles. The number of anilines is 2. The highest BCUT2D eigenvalue weighted by molar-refractivity contribution is 5.73. The molecule has 0 atom stereocenters. The molecule has 0 saturated carbocycles. The van der Waals surface area contributed by atoms with E-state index in [1.54, 1.807) is 23.5 Å². The maximum atomic E-state index is 10.6. The molecule has 4 rings (SSSR count). The number of carboxylic acids is 1. The lowest BCUT2D eigenvalue weighted by molar-refractivity contribution is -0.192. The van der Waals surface area contributed by atoms with E-state index in [2.05, 4.69) is 25.5 Å². The molecule has 0 radical (unpaired) electrons. The number of aromatic nitrogens is 5. The van der Waals surface area contributed by atoms with Gasteiger partial charge in [0.2, 0.25) is 0 Å². The Bertz CT molecular complexity index is 1200. The predicted molar refractivity (Wildman–Crippen MR) is 108 cm³/mol. The van der Waals surface area contributed by atoms with E-state index in [9.17, 15) is 13.2 Å². The Hall–Kier alpha value is -4.22. The van der Waals surface area contributed by atoms with Gasteiger partial charge in [-0.25, -0.2) is 19.4 Å². The van der Waals surface area contributed by atoms with E-state index in [4.69, 9.17) is 14.4 Å². The average Bonchev–Trinajstić information content (AvgIpc) is 3.37.